The molecule has 8 nitrogen and oxygen atoms in total. The largest absolute Gasteiger partial charge is 1.00 e. The van der Waals surface area contributed by atoms with Gasteiger partial charge in [0, 0.05) is 0 Å². The summed E-state index contributed by atoms with van der Waals surface area (Å²) >= 11 is 0. The molecule has 0 aliphatic heterocycles. The van der Waals surface area contributed by atoms with E-state index in [-0.39, 0.29) is 115 Å². The van der Waals surface area contributed by atoms with Crippen molar-refractivity contribution in [3.63, 3.8) is 0 Å². The van der Waals surface area contributed by atoms with Crippen LogP contribution in [0.4, 0.5) is 8.78 Å². The number of hydrogen-bond donors (Lipinski definition) is 0. The molecule has 0 N–H and O–H groups in total. The first-order valence-corrected chi connectivity index (χ1v) is 10.3. The van der Waals surface area contributed by atoms with Gasteiger partial charge in [-0.2, -0.15) is 0 Å². The van der Waals surface area contributed by atoms with Gasteiger partial charge < -0.3 is 9.11 Å². The third-order valence-corrected chi connectivity index (χ3v) is 6.42. The molecule has 0 amide bonds. The van der Waals surface area contributed by atoms with Gasteiger partial charge in [-0.25, -0.2) is 34.0 Å². The maximum Gasteiger partial charge on any atom is 1.00 e. The molecular formula is C12H6F2K2O8S3. The zero-order chi connectivity index (χ0) is 19.2. The number of rotatable bonds is 4. The first-order chi connectivity index (χ1) is 11.2. The van der Waals surface area contributed by atoms with Crippen molar-refractivity contribution in [2.45, 2.75) is 19.6 Å². The Morgan fingerprint density at radius 3 is 1.19 bits per heavy atom. The molecule has 0 atom stereocenters. The summed E-state index contributed by atoms with van der Waals surface area (Å²) in [4.78, 5) is -4.62. The smallest absolute Gasteiger partial charge is 0.744 e. The van der Waals surface area contributed by atoms with Gasteiger partial charge in [-0.15, -0.1) is 0 Å². The minimum absolute atomic E-state index is 0. The van der Waals surface area contributed by atoms with Crippen LogP contribution in [0.3, 0.4) is 0 Å². The van der Waals surface area contributed by atoms with Crippen LogP contribution in [-0.2, 0) is 30.1 Å². The number of benzene rings is 2. The topological polar surface area (TPSA) is 149 Å². The van der Waals surface area contributed by atoms with Crippen molar-refractivity contribution in [3.05, 3.63) is 48.0 Å². The van der Waals surface area contributed by atoms with Crippen molar-refractivity contribution in [1.82, 2.24) is 0 Å². The van der Waals surface area contributed by atoms with Crippen LogP contribution >= 0.6 is 0 Å². The van der Waals surface area contributed by atoms with E-state index in [1.165, 1.54) is 0 Å². The van der Waals surface area contributed by atoms with Crippen LogP contribution in [0, 0.1) is 11.6 Å². The van der Waals surface area contributed by atoms with E-state index in [1.807, 2.05) is 0 Å². The molecule has 0 radical (unpaired) electrons. The molecule has 27 heavy (non-hydrogen) atoms. The molecule has 0 saturated carbocycles. The predicted octanol–water partition coefficient (Wildman–Crippen LogP) is -5.39. The molecule has 0 aromatic heterocycles. The van der Waals surface area contributed by atoms with E-state index in [9.17, 15) is 43.1 Å². The van der Waals surface area contributed by atoms with Crippen LogP contribution in [-0.4, -0.2) is 34.4 Å². The number of halogens is 2. The van der Waals surface area contributed by atoms with Crippen molar-refractivity contribution in [2.24, 2.45) is 0 Å². The third kappa shape index (κ3) is 6.66. The Morgan fingerprint density at radius 1 is 0.630 bits per heavy atom. The van der Waals surface area contributed by atoms with Crippen molar-refractivity contribution in [3.8, 4) is 0 Å². The molecule has 0 fully saturated rings. The Bertz CT molecular complexity index is 1090. The zero-order valence-corrected chi connectivity index (χ0v) is 22.4. The molecule has 0 saturated heterocycles. The van der Waals surface area contributed by atoms with Gasteiger partial charge in [-0.05, 0) is 36.4 Å². The van der Waals surface area contributed by atoms with Crippen LogP contribution in [0.2, 0.25) is 0 Å². The summed E-state index contributed by atoms with van der Waals surface area (Å²) in [6, 6.07) is 2.53. The van der Waals surface area contributed by atoms with Gasteiger partial charge in [0.1, 0.15) is 31.9 Å². The second kappa shape index (κ2) is 10.1. The third-order valence-electron chi connectivity index (χ3n) is 2.96. The van der Waals surface area contributed by atoms with Crippen LogP contribution in [0.5, 0.6) is 0 Å². The average Bonchev–Trinajstić information content (AvgIpc) is 2.45. The van der Waals surface area contributed by atoms with Gasteiger partial charge >= 0.3 is 103 Å². The molecule has 0 aliphatic carbocycles. The first kappa shape index (κ1) is 28.3. The molecule has 15 heteroatoms. The summed E-state index contributed by atoms with van der Waals surface area (Å²) in [5.74, 6) is -2.98. The van der Waals surface area contributed by atoms with E-state index in [0.29, 0.717) is 24.3 Å². The van der Waals surface area contributed by atoms with Crippen molar-refractivity contribution in [2.75, 3.05) is 0 Å². The van der Waals surface area contributed by atoms with Crippen molar-refractivity contribution in [1.29, 1.82) is 0 Å². The molecule has 0 heterocycles. The fourth-order valence-corrected chi connectivity index (χ4v) is 4.44. The summed E-state index contributed by atoms with van der Waals surface area (Å²) in [5, 5.41) is 0. The van der Waals surface area contributed by atoms with Crippen LogP contribution in [0.25, 0.3) is 0 Å². The fraction of sp³-hybridized carbons (Fsp3) is 0. The van der Waals surface area contributed by atoms with Crippen LogP contribution in [0.15, 0.2) is 56.0 Å². The van der Waals surface area contributed by atoms with Crippen molar-refractivity contribution >= 4 is 30.1 Å². The normalized spacial score (nSPS) is 12.0. The van der Waals surface area contributed by atoms with E-state index >= 15 is 0 Å². The minimum Gasteiger partial charge on any atom is -0.744 e. The Labute approximate surface area is 239 Å². The quantitative estimate of drug-likeness (QED) is 0.234. The summed E-state index contributed by atoms with van der Waals surface area (Å²) in [6.07, 6.45) is 0. The Hall–Kier alpha value is 1.34. The zero-order valence-electron chi connectivity index (χ0n) is 13.7. The monoisotopic (exact) mass is 490 g/mol. The van der Waals surface area contributed by atoms with E-state index in [4.69, 9.17) is 0 Å². The predicted molar refractivity (Wildman–Crippen MR) is 74.2 cm³/mol. The molecule has 0 spiro atoms. The molecule has 2 rings (SSSR count). The maximum atomic E-state index is 13.4. The average molecular weight is 491 g/mol. The van der Waals surface area contributed by atoms with Gasteiger partial charge in [-0.3, -0.25) is 0 Å². The Balaban J connectivity index is 0.00000338. The molecule has 0 aliphatic rings. The van der Waals surface area contributed by atoms with Gasteiger partial charge in [0.15, 0.2) is 0 Å². The second-order valence-corrected chi connectivity index (χ2v) is 9.24. The standard InChI is InChI=1S/C12H8F2O8S3.2K/c13-9-3-1-7(5-11(9)24(17,18)19)23(15,16)8-2-4-10(14)12(6-8)25(20,21)22;;/h1-6H,(H,17,18,19)(H,20,21,22);;/q;2*+1/p-2. The van der Waals surface area contributed by atoms with Gasteiger partial charge in [0.25, 0.3) is 0 Å². The number of sulfone groups is 1. The molecule has 2 aromatic rings. The van der Waals surface area contributed by atoms with Gasteiger partial charge in [-0.1, -0.05) is 0 Å². The first-order valence-electron chi connectivity index (χ1n) is 6.00. The summed E-state index contributed by atoms with van der Waals surface area (Å²) in [5.41, 5.74) is 0. The maximum absolute atomic E-state index is 13.4. The van der Waals surface area contributed by atoms with Gasteiger partial charge in [0.2, 0.25) is 9.84 Å². The van der Waals surface area contributed by atoms with Gasteiger partial charge in [0.05, 0.1) is 19.6 Å². The molecule has 0 unspecified atom stereocenters. The van der Waals surface area contributed by atoms with E-state index < -0.39 is 61.3 Å². The number of hydrogen-bond acceptors (Lipinski definition) is 8. The summed E-state index contributed by atoms with van der Waals surface area (Å²) in [6.45, 7) is 0. The molecular weight excluding hydrogens is 485 g/mol. The molecule has 136 valence electrons. The van der Waals surface area contributed by atoms with Crippen LogP contribution < -0.4 is 103 Å². The SMILES string of the molecule is O=S(=O)([O-])c1cc(S(=O)(=O)c2ccc(F)c(S(=O)(=O)[O-])c2)ccc1F.[K+].[K+]. The van der Waals surface area contributed by atoms with E-state index in [1.54, 1.807) is 0 Å². The Kier molecular flexibility index (Phi) is 10.6. The summed E-state index contributed by atoms with van der Waals surface area (Å²) < 4.78 is 117. The van der Waals surface area contributed by atoms with Crippen LogP contribution in [0.1, 0.15) is 0 Å². The summed E-state index contributed by atoms with van der Waals surface area (Å²) in [7, 11) is -15.3. The van der Waals surface area contributed by atoms with Crippen molar-refractivity contribution < 1.29 is 146 Å². The van der Waals surface area contributed by atoms with E-state index in [2.05, 4.69) is 0 Å². The van der Waals surface area contributed by atoms with E-state index in [0.717, 1.165) is 0 Å². The molecule has 2 aromatic carbocycles. The molecule has 0 bridgehead atoms. The Morgan fingerprint density at radius 2 is 0.926 bits per heavy atom. The minimum atomic E-state index is -5.33. The second-order valence-electron chi connectivity index (χ2n) is 4.60. The fourth-order valence-electron chi connectivity index (χ4n) is 1.82.